The summed E-state index contributed by atoms with van der Waals surface area (Å²) in [5.41, 5.74) is 2.29. The average molecular weight is 644 g/mol. The number of hydrogen-bond donors (Lipinski definition) is 1. The van der Waals surface area contributed by atoms with Crippen molar-refractivity contribution in [3.05, 3.63) is 47.3 Å². The molecule has 256 valence electrons. The molecule has 0 spiro atoms. The summed E-state index contributed by atoms with van der Waals surface area (Å²) in [6.07, 6.45) is 6.48. The van der Waals surface area contributed by atoms with Crippen molar-refractivity contribution in [2.75, 3.05) is 57.4 Å². The Morgan fingerprint density at radius 3 is 2.30 bits per heavy atom. The molecule has 1 aromatic carbocycles. The van der Waals surface area contributed by atoms with Gasteiger partial charge in [-0.3, -0.25) is 4.90 Å². The van der Waals surface area contributed by atoms with Gasteiger partial charge >= 0.3 is 6.09 Å². The van der Waals surface area contributed by atoms with Gasteiger partial charge in [0.2, 0.25) is 0 Å². The van der Waals surface area contributed by atoms with Crippen LogP contribution in [0.5, 0.6) is 0 Å². The van der Waals surface area contributed by atoms with Crippen molar-refractivity contribution in [2.24, 2.45) is 17.8 Å². The smallest absolute Gasteiger partial charge is 0.410 e. The molecule has 2 heterocycles. The Bertz CT molecular complexity index is 1200. The summed E-state index contributed by atoms with van der Waals surface area (Å²) in [4.78, 5) is 42.6. The molecule has 0 bridgehead atoms. The van der Waals surface area contributed by atoms with Crippen molar-refractivity contribution in [3.8, 4) is 0 Å². The van der Waals surface area contributed by atoms with E-state index < -0.39 is 18.1 Å². The summed E-state index contributed by atoms with van der Waals surface area (Å²) in [5.74, 6) is -1.18. The lowest BCUT2D eigenvalue weighted by atomic mass is 9.86. The first kappa shape index (κ1) is 37.4. The van der Waals surface area contributed by atoms with Crippen LogP contribution in [0.1, 0.15) is 66.4 Å². The quantitative estimate of drug-likeness (QED) is 0.214. The number of benzene rings is 1. The molecule has 46 heavy (non-hydrogen) atoms. The van der Waals surface area contributed by atoms with Crippen molar-refractivity contribution in [3.63, 3.8) is 0 Å². The lowest BCUT2D eigenvalue weighted by molar-refractivity contribution is -0.111. The second-order valence-electron chi connectivity index (χ2n) is 13.7. The summed E-state index contributed by atoms with van der Waals surface area (Å²) in [6, 6.07) is 4.91. The number of anilines is 1. The predicted octanol–water partition coefficient (Wildman–Crippen LogP) is 5.36. The average Bonchev–Trinajstić information content (AvgIpc) is 3.02. The lowest BCUT2D eigenvalue weighted by Gasteiger charge is -2.42. The molecule has 2 fully saturated rings. The molecule has 1 aromatic rings. The Morgan fingerprint density at radius 1 is 1.02 bits per heavy atom. The number of amides is 1. The topological polar surface area (TPSA) is 99.6 Å². The SMILES string of the molecule is C/C(=C\c1cc(F)cc(N2CCOCC2)c1)[C@@H](C=O)[C@@H](C)/C=C/[C@H](OC(=O)N1CCN(C(C)(C)C)CC1)[C@@H](C)CC[C@@H](O)CC=O. The molecular weight excluding hydrogens is 589 g/mol. The molecule has 0 aliphatic carbocycles. The van der Waals surface area contributed by atoms with E-state index in [1.54, 1.807) is 4.90 Å². The first-order valence-corrected chi connectivity index (χ1v) is 16.6. The molecule has 3 rings (SSSR count). The maximum Gasteiger partial charge on any atom is 0.410 e. The van der Waals surface area contributed by atoms with Crippen LogP contribution < -0.4 is 4.90 Å². The van der Waals surface area contributed by atoms with Crippen LogP contribution in [-0.4, -0.2) is 104 Å². The molecule has 0 saturated carbocycles. The molecule has 9 nitrogen and oxygen atoms in total. The van der Waals surface area contributed by atoms with E-state index in [9.17, 15) is 23.9 Å². The third-order valence-electron chi connectivity index (χ3n) is 9.13. The number of aliphatic hydroxyl groups excluding tert-OH is 1. The first-order valence-electron chi connectivity index (χ1n) is 16.6. The van der Waals surface area contributed by atoms with Crippen LogP contribution in [0.15, 0.2) is 35.9 Å². The number of carbonyl (C=O) groups is 3. The first-order chi connectivity index (χ1) is 21.8. The Balaban J connectivity index is 1.74. The second kappa shape index (κ2) is 17.7. The fraction of sp³-hybridized carbons (Fsp3) is 0.639. The van der Waals surface area contributed by atoms with Gasteiger partial charge in [-0.05, 0) is 82.2 Å². The third-order valence-corrected chi connectivity index (χ3v) is 9.13. The molecule has 2 aliphatic heterocycles. The van der Waals surface area contributed by atoms with Gasteiger partial charge in [0, 0.05) is 62.8 Å². The minimum atomic E-state index is -0.747. The van der Waals surface area contributed by atoms with Crippen LogP contribution in [0.4, 0.5) is 14.9 Å². The van der Waals surface area contributed by atoms with E-state index >= 15 is 0 Å². The fourth-order valence-corrected chi connectivity index (χ4v) is 6.04. The van der Waals surface area contributed by atoms with Gasteiger partial charge in [0.25, 0.3) is 0 Å². The van der Waals surface area contributed by atoms with Crippen LogP contribution in [0, 0.1) is 23.6 Å². The highest BCUT2D eigenvalue weighted by molar-refractivity contribution is 5.69. The zero-order valence-corrected chi connectivity index (χ0v) is 28.5. The highest BCUT2D eigenvalue weighted by atomic mass is 19.1. The van der Waals surface area contributed by atoms with E-state index in [0.29, 0.717) is 64.1 Å². The van der Waals surface area contributed by atoms with Crippen molar-refractivity contribution < 1.29 is 33.4 Å². The summed E-state index contributed by atoms with van der Waals surface area (Å²) >= 11 is 0. The number of allylic oxidation sites excluding steroid dienone is 2. The second-order valence-corrected chi connectivity index (χ2v) is 13.7. The Hall–Kier alpha value is -3.08. The number of aldehydes is 2. The molecule has 5 atom stereocenters. The maximum absolute atomic E-state index is 14.6. The number of halogens is 1. The van der Waals surface area contributed by atoms with E-state index in [1.807, 2.05) is 45.1 Å². The molecule has 10 heteroatoms. The standard InChI is InChI=1S/C36H54FN3O6/c1-26(33(25-42)28(3)21-29-22-30(37)24-31(23-29)38-16-19-45-20-17-38)8-10-34(27(2)7-9-32(43)11-18-41)46-35(44)39-12-14-40(15-13-39)36(4,5)6/h8,10,18,21-27,32-34,43H,7,9,11-17,19-20H2,1-6H3/b10-8+,28-21+/t26-,27-,32+,33-,34-/m0/s1. The van der Waals surface area contributed by atoms with Gasteiger partial charge in [0.05, 0.1) is 19.3 Å². The fourth-order valence-electron chi connectivity index (χ4n) is 6.04. The van der Waals surface area contributed by atoms with Crippen molar-refractivity contribution in [1.82, 2.24) is 9.80 Å². The molecule has 2 saturated heterocycles. The lowest BCUT2D eigenvalue weighted by Crippen LogP contribution is -2.55. The van der Waals surface area contributed by atoms with Crippen LogP contribution in [-0.2, 0) is 19.1 Å². The van der Waals surface area contributed by atoms with Gasteiger partial charge in [0.1, 0.15) is 24.5 Å². The Kier molecular flexibility index (Phi) is 14.4. The highest BCUT2D eigenvalue weighted by Gasteiger charge is 2.30. The molecule has 1 N–H and O–H groups in total. The van der Waals surface area contributed by atoms with Crippen molar-refractivity contribution in [2.45, 2.75) is 78.6 Å². The Labute approximate surface area is 274 Å². The molecule has 0 aromatic heterocycles. The largest absolute Gasteiger partial charge is 0.442 e. The molecular formula is C36H54FN3O6. The van der Waals surface area contributed by atoms with Crippen LogP contribution in [0.2, 0.25) is 0 Å². The summed E-state index contributed by atoms with van der Waals surface area (Å²) in [7, 11) is 0. The van der Waals surface area contributed by atoms with Gasteiger partial charge < -0.3 is 34.0 Å². The monoisotopic (exact) mass is 643 g/mol. The number of morpholine rings is 1. The number of nitrogens with zero attached hydrogens (tertiary/aromatic N) is 3. The molecule has 0 radical (unpaired) electrons. The van der Waals surface area contributed by atoms with Gasteiger partial charge in [-0.1, -0.05) is 31.6 Å². The van der Waals surface area contributed by atoms with E-state index in [1.165, 1.54) is 12.1 Å². The van der Waals surface area contributed by atoms with Gasteiger partial charge in [-0.15, -0.1) is 0 Å². The minimum absolute atomic E-state index is 0.0235. The van der Waals surface area contributed by atoms with Gasteiger partial charge in [0.15, 0.2) is 0 Å². The van der Waals surface area contributed by atoms with E-state index in [2.05, 4.69) is 30.6 Å². The number of ether oxygens (including phenoxy) is 2. The summed E-state index contributed by atoms with van der Waals surface area (Å²) < 4.78 is 26.0. The van der Waals surface area contributed by atoms with Gasteiger partial charge in [-0.2, -0.15) is 0 Å². The van der Waals surface area contributed by atoms with Crippen LogP contribution >= 0.6 is 0 Å². The maximum atomic E-state index is 14.6. The van der Waals surface area contributed by atoms with Crippen molar-refractivity contribution >= 4 is 30.4 Å². The highest BCUT2D eigenvalue weighted by Crippen LogP contribution is 2.27. The summed E-state index contributed by atoms with van der Waals surface area (Å²) in [6.45, 7) is 17.5. The summed E-state index contributed by atoms with van der Waals surface area (Å²) in [5, 5.41) is 10.1. The van der Waals surface area contributed by atoms with Crippen molar-refractivity contribution in [1.29, 1.82) is 0 Å². The van der Waals surface area contributed by atoms with E-state index in [4.69, 9.17) is 9.47 Å². The number of aliphatic hydroxyl groups is 1. The number of carbonyl (C=O) groups excluding carboxylic acids is 3. The number of rotatable bonds is 14. The minimum Gasteiger partial charge on any atom is -0.442 e. The predicted molar refractivity (Wildman–Crippen MR) is 179 cm³/mol. The third kappa shape index (κ3) is 11.3. The van der Waals surface area contributed by atoms with E-state index in [-0.39, 0.29) is 35.7 Å². The Morgan fingerprint density at radius 2 is 1.70 bits per heavy atom. The molecule has 2 aliphatic rings. The number of piperazine rings is 1. The molecule has 1 amide bonds. The van der Waals surface area contributed by atoms with Gasteiger partial charge in [-0.25, -0.2) is 9.18 Å². The van der Waals surface area contributed by atoms with Crippen LogP contribution in [0.3, 0.4) is 0 Å². The molecule has 0 unspecified atom stereocenters. The van der Waals surface area contributed by atoms with Crippen LogP contribution in [0.25, 0.3) is 6.08 Å². The zero-order chi connectivity index (χ0) is 33.9. The van der Waals surface area contributed by atoms with E-state index in [0.717, 1.165) is 30.6 Å². The zero-order valence-electron chi connectivity index (χ0n) is 28.5. The number of hydrogen-bond acceptors (Lipinski definition) is 8. The normalized spacial score (nSPS) is 20.2.